The molecule has 0 unspecified atom stereocenters. The van der Waals surface area contributed by atoms with Crippen molar-refractivity contribution in [3.63, 3.8) is 0 Å². The minimum absolute atomic E-state index is 0.0554. The molecule has 36 heavy (non-hydrogen) atoms. The molecular weight excluding hydrogens is 450 g/mol. The normalized spacial score (nSPS) is 15.7. The van der Waals surface area contributed by atoms with Crippen LogP contribution in [-0.4, -0.2) is 40.1 Å². The maximum atomic E-state index is 13.6. The summed E-state index contributed by atoms with van der Waals surface area (Å²) in [7, 11) is 0. The molecule has 7 heteroatoms. The van der Waals surface area contributed by atoms with Gasteiger partial charge in [0.15, 0.2) is 11.5 Å². The van der Waals surface area contributed by atoms with Crippen LogP contribution in [0.2, 0.25) is 0 Å². The predicted molar refractivity (Wildman–Crippen MR) is 142 cm³/mol. The van der Waals surface area contributed by atoms with Gasteiger partial charge in [-0.25, -0.2) is 9.97 Å². The number of carbonyl (C=O) groups excluding carboxylic acids is 1. The molecule has 3 heterocycles. The van der Waals surface area contributed by atoms with Crippen LogP contribution < -0.4 is 15.8 Å². The van der Waals surface area contributed by atoms with Crippen molar-refractivity contribution in [1.29, 1.82) is 0 Å². The number of nitrogens with zero attached hydrogens (tertiary/aromatic N) is 4. The molecule has 1 atom stereocenters. The standard InChI is InChI=1S/C29H31N5O2/c35-28(31-18-7-14-22-10-3-1-4-11-22)24-15-9-19-33(21-24)27-29(36)34(20-23-12-5-2-6-13-23)26-25(32-27)16-8-17-30-26/h1-6,8,10-13,16-17,24H,7,9,14-15,18-21H2,(H,31,35)/t24-/m0/s1. The zero-order valence-corrected chi connectivity index (χ0v) is 20.3. The van der Waals surface area contributed by atoms with E-state index in [9.17, 15) is 9.59 Å². The van der Waals surface area contributed by atoms with Crippen LogP contribution in [0.1, 0.15) is 30.4 Å². The van der Waals surface area contributed by atoms with E-state index in [4.69, 9.17) is 4.98 Å². The van der Waals surface area contributed by atoms with Gasteiger partial charge in [0.25, 0.3) is 5.56 Å². The number of aromatic nitrogens is 3. The highest BCUT2D eigenvalue weighted by atomic mass is 16.2. The van der Waals surface area contributed by atoms with Crippen molar-refractivity contribution < 1.29 is 4.79 Å². The van der Waals surface area contributed by atoms with Gasteiger partial charge < -0.3 is 10.2 Å². The Morgan fingerprint density at radius 3 is 2.50 bits per heavy atom. The second kappa shape index (κ2) is 11.2. The number of hydrogen-bond donors (Lipinski definition) is 1. The Hall–Kier alpha value is -4.00. The number of rotatable bonds is 8. The van der Waals surface area contributed by atoms with Gasteiger partial charge in [-0.3, -0.25) is 14.2 Å². The number of nitrogens with one attached hydrogen (secondary N) is 1. The van der Waals surface area contributed by atoms with Crippen molar-refractivity contribution >= 4 is 22.9 Å². The lowest BCUT2D eigenvalue weighted by atomic mass is 9.97. The second-order valence-corrected chi connectivity index (χ2v) is 9.32. The molecule has 2 aromatic heterocycles. The van der Waals surface area contributed by atoms with Gasteiger partial charge >= 0.3 is 0 Å². The third-order valence-electron chi connectivity index (χ3n) is 6.74. The highest BCUT2D eigenvalue weighted by molar-refractivity contribution is 5.79. The average Bonchev–Trinajstić information content (AvgIpc) is 2.93. The fourth-order valence-electron chi connectivity index (χ4n) is 4.86. The number of piperidine rings is 1. The summed E-state index contributed by atoms with van der Waals surface area (Å²) in [6.07, 6.45) is 5.18. The van der Waals surface area contributed by atoms with Gasteiger partial charge in [0, 0.05) is 25.8 Å². The predicted octanol–water partition coefficient (Wildman–Crippen LogP) is 3.81. The smallest absolute Gasteiger partial charge is 0.295 e. The molecule has 1 aliphatic heterocycles. The first-order valence-electron chi connectivity index (χ1n) is 12.6. The van der Waals surface area contributed by atoms with Gasteiger partial charge in [-0.2, -0.15) is 0 Å². The summed E-state index contributed by atoms with van der Waals surface area (Å²) < 4.78 is 1.69. The quantitative estimate of drug-likeness (QED) is 0.387. The summed E-state index contributed by atoms with van der Waals surface area (Å²) >= 11 is 0. The third kappa shape index (κ3) is 5.46. The number of hydrogen-bond acceptors (Lipinski definition) is 5. The number of carbonyl (C=O) groups is 1. The summed E-state index contributed by atoms with van der Waals surface area (Å²) in [6.45, 7) is 2.26. The second-order valence-electron chi connectivity index (χ2n) is 9.32. The minimum atomic E-state index is -0.172. The van der Waals surface area contributed by atoms with Crippen LogP contribution in [0, 0.1) is 5.92 Å². The Labute approximate surface area is 210 Å². The van der Waals surface area contributed by atoms with Crippen LogP contribution in [0.15, 0.2) is 83.8 Å². The highest BCUT2D eigenvalue weighted by Crippen LogP contribution is 2.22. The largest absolute Gasteiger partial charge is 0.356 e. The first-order valence-corrected chi connectivity index (χ1v) is 12.6. The van der Waals surface area contributed by atoms with Gasteiger partial charge in [-0.15, -0.1) is 0 Å². The van der Waals surface area contributed by atoms with E-state index in [0.29, 0.717) is 43.2 Å². The fourth-order valence-corrected chi connectivity index (χ4v) is 4.86. The minimum Gasteiger partial charge on any atom is -0.356 e. The lowest BCUT2D eigenvalue weighted by Crippen LogP contribution is -2.46. The molecule has 4 aromatic rings. The Kier molecular flexibility index (Phi) is 7.36. The lowest BCUT2D eigenvalue weighted by molar-refractivity contribution is -0.125. The van der Waals surface area contributed by atoms with Crippen molar-refractivity contribution in [2.75, 3.05) is 24.5 Å². The summed E-state index contributed by atoms with van der Waals surface area (Å²) in [5.74, 6) is 0.289. The summed E-state index contributed by atoms with van der Waals surface area (Å²) in [6, 6.07) is 23.9. The van der Waals surface area contributed by atoms with E-state index in [1.165, 1.54) is 5.56 Å². The van der Waals surface area contributed by atoms with Crippen LogP contribution in [0.5, 0.6) is 0 Å². The van der Waals surface area contributed by atoms with Crippen molar-refractivity contribution in [2.24, 2.45) is 5.92 Å². The molecule has 2 aromatic carbocycles. The Bertz CT molecular complexity index is 1370. The fraction of sp³-hybridized carbons (Fsp3) is 0.310. The van der Waals surface area contributed by atoms with Crippen LogP contribution in [0.4, 0.5) is 5.82 Å². The molecule has 5 rings (SSSR count). The topological polar surface area (TPSA) is 80.1 Å². The monoisotopic (exact) mass is 481 g/mol. The van der Waals surface area contributed by atoms with Gasteiger partial charge in [-0.1, -0.05) is 60.7 Å². The van der Waals surface area contributed by atoms with Gasteiger partial charge in [0.1, 0.15) is 5.52 Å². The first-order chi connectivity index (χ1) is 17.7. The number of pyridine rings is 1. The molecule has 7 nitrogen and oxygen atoms in total. The van der Waals surface area contributed by atoms with E-state index < -0.39 is 0 Å². The molecule has 0 radical (unpaired) electrons. The van der Waals surface area contributed by atoms with E-state index in [2.05, 4.69) is 22.4 Å². The number of benzene rings is 2. The molecule has 1 aliphatic rings. The molecule has 1 N–H and O–H groups in total. The van der Waals surface area contributed by atoms with Gasteiger partial charge in [0.2, 0.25) is 5.91 Å². The van der Waals surface area contributed by atoms with Gasteiger partial charge in [0.05, 0.1) is 12.5 Å². The Morgan fingerprint density at radius 1 is 0.972 bits per heavy atom. The summed E-state index contributed by atoms with van der Waals surface area (Å²) in [5, 5.41) is 3.10. The average molecular weight is 482 g/mol. The number of aryl methyl sites for hydroxylation is 1. The first kappa shape index (κ1) is 23.7. The van der Waals surface area contributed by atoms with Crippen molar-refractivity contribution in [3.05, 3.63) is 100 Å². The maximum absolute atomic E-state index is 13.6. The molecule has 184 valence electrons. The lowest BCUT2D eigenvalue weighted by Gasteiger charge is -2.32. The van der Waals surface area contributed by atoms with Crippen LogP contribution in [0.25, 0.3) is 11.2 Å². The highest BCUT2D eigenvalue weighted by Gasteiger charge is 2.28. The molecule has 1 amide bonds. The van der Waals surface area contributed by atoms with Crippen LogP contribution in [0.3, 0.4) is 0 Å². The number of fused-ring (bicyclic) bond motifs is 1. The molecule has 1 saturated heterocycles. The number of amides is 1. The van der Waals surface area contributed by atoms with Crippen molar-refractivity contribution in [2.45, 2.75) is 32.2 Å². The third-order valence-corrected chi connectivity index (χ3v) is 6.74. The maximum Gasteiger partial charge on any atom is 0.295 e. The summed E-state index contributed by atoms with van der Waals surface area (Å²) in [4.78, 5) is 37.7. The van der Waals surface area contributed by atoms with Gasteiger partial charge in [-0.05, 0) is 48.9 Å². The summed E-state index contributed by atoms with van der Waals surface area (Å²) in [5.41, 5.74) is 3.37. The SMILES string of the molecule is O=C(NCCCc1ccccc1)[C@H]1CCCN(c2nc3cccnc3n(Cc3ccccc3)c2=O)C1. The molecule has 0 bridgehead atoms. The zero-order chi connectivity index (χ0) is 24.7. The zero-order valence-electron chi connectivity index (χ0n) is 20.3. The van der Waals surface area contributed by atoms with Crippen LogP contribution in [-0.2, 0) is 17.8 Å². The van der Waals surface area contributed by atoms with Crippen LogP contribution >= 0.6 is 0 Å². The van der Waals surface area contributed by atoms with Crippen molar-refractivity contribution in [3.8, 4) is 0 Å². The molecule has 0 aliphatic carbocycles. The molecular formula is C29H31N5O2. The van der Waals surface area contributed by atoms with Crippen molar-refractivity contribution in [1.82, 2.24) is 19.9 Å². The Balaban J connectivity index is 1.30. The molecule has 0 spiro atoms. The van der Waals surface area contributed by atoms with E-state index in [1.54, 1.807) is 10.8 Å². The number of anilines is 1. The molecule has 0 saturated carbocycles. The van der Waals surface area contributed by atoms with E-state index in [0.717, 1.165) is 31.2 Å². The Morgan fingerprint density at radius 2 is 1.72 bits per heavy atom. The van der Waals surface area contributed by atoms with E-state index in [1.807, 2.05) is 65.6 Å². The molecule has 1 fully saturated rings. The van der Waals surface area contributed by atoms with E-state index in [-0.39, 0.29) is 17.4 Å². The van der Waals surface area contributed by atoms with E-state index >= 15 is 0 Å².